The Morgan fingerprint density at radius 1 is 1.25 bits per heavy atom. The molecular weight excluding hydrogens is 302 g/mol. The van der Waals surface area contributed by atoms with Crippen LogP contribution in [-0.2, 0) is 4.79 Å². The van der Waals surface area contributed by atoms with E-state index in [0.29, 0.717) is 5.92 Å². The molecule has 3 atom stereocenters. The Labute approximate surface area is 141 Å². The molecule has 1 aliphatic rings. The smallest absolute Gasteiger partial charge is 0.323 e. The number of fused-ring (bicyclic) bond motifs is 1. The minimum atomic E-state index is -0.219. The first kappa shape index (κ1) is 16.6. The summed E-state index contributed by atoms with van der Waals surface area (Å²) in [5.74, 6) is 0.418. The Morgan fingerprint density at radius 2 is 1.92 bits per heavy atom. The number of allylic oxidation sites excluding steroid dienone is 2. The van der Waals surface area contributed by atoms with Gasteiger partial charge in [0.2, 0.25) is 5.91 Å². The highest BCUT2D eigenvalue weighted by molar-refractivity contribution is 5.84. The summed E-state index contributed by atoms with van der Waals surface area (Å²) >= 11 is 0. The fraction of sp³-hybridized carbons (Fsp3) is 0.474. The van der Waals surface area contributed by atoms with Crippen molar-refractivity contribution < 1.29 is 4.79 Å². The SMILES string of the molecule is CC(C)=C[C@@H]1[C@H](C(=O)N[C@H](C)c2ccc3[nH]c(=O)[nH]c3c2)C1(C)C. The van der Waals surface area contributed by atoms with Gasteiger partial charge in [0.25, 0.3) is 0 Å². The third-order valence-corrected chi connectivity index (χ3v) is 5.10. The van der Waals surface area contributed by atoms with Crippen LogP contribution >= 0.6 is 0 Å². The molecule has 1 heterocycles. The summed E-state index contributed by atoms with van der Waals surface area (Å²) in [6.07, 6.45) is 2.20. The predicted molar refractivity (Wildman–Crippen MR) is 95.7 cm³/mol. The third kappa shape index (κ3) is 2.90. The van der Waals surface area contributed by atoms with Crippen LogP contribution in [0.1, 0.15) is 46.2 Å². The number of H-pyrrole nitrogens is 2. The van der Waals surface area contributed by atoms with Gasteiger partial charge in [0.05, 0.1) is 23.0 Å². The van der Waals surface area contributed by atoms with Gasteiger partial charge in [0.1, 0.15) is 0 Å². The second-order valence-electron chi connectivity index (χ2n) is 7.68. The van der Waals surface area contributed by atoms with Crippen molar-refractivity contribution in [2.24, 2.45) is 17.3 Å². The van der Waals surface area contributed by atoms with E-state index >= 15 is 0 Å². The summed E-state index contributed by atoms with van der Waals surface area (Å²) in [4.78, 5) is 29.5. The molecule has 1 fully saturated rings. The van der Waals surface area contributed by atoms with Crippen molar-refractivity contribution in [3.63, 3.8) is 0 Å². The monoisotopic (exact) mass is 327 g/mol. The number of imidazole rings is 1. The molecule has 128 valence electrons. The van der Waals surface area contributed by atoms with Crippen LogP contribution in [0.25, 0.3) is 11.0 Å². The molecule has 3 N–H and O–H groups in total. The molecule has 3 rings (SSSR count). The zero-order valence-electron chi connectivity index (χ0n) is 14.9. The Hall–Kier alpha value is -2.30. The number of carbonyl (C=O) groups excluding carboxylic acids is 1. The quantitative estimate of drug-likeness (QED) is 0.754. The largest absolute Gasteiger partial charge is 0.349 e. The van der Waals surface area contributed by atoms with Gasteiger partial charge < -0.3 is 15.3 Å². The zero-order valence-corrected chi connectivity index (χ0v) is 14.9. The van der Waals surface area contributed by atoms with Crippen molar-refractivity contribution >= 4 is 16.9 Å². The van der Waals surface area contributed by atoms with Gasteiger partial charge in [-0.2, -0.15) is 0 Å². The summed E-state index contributed by atoms with van der Waals surface area (Å²) in [6.45, 7) is 10.4. The van der Waals surface area contributed by atoms with Gasteiger partial charge in [-0.3, -0.25) is 4.79 Å². The number of aromatic amines is 2. The van der Waals surface area contributed by atoms with Crippen LogP contribution in [0, 0.1) is 17.3 Å². The maximum absolute atomic E-state index is 12.7. The van der Waals surface area contributed by atoms with Gasteiger partial charge in [-0.25, -0.2) is 4.79 Å². The molecule has 0 unspecified atom stereocenters. The fourth-order valence-corrected chi connectivity index (χ4v) is 3.55. The van der Waals surface area contributed by atoms with E-state index in [-0.39, 0.29) is 29.0 Å². The van der Waals surface area contributed by atoms with E-state index < -0.39 is 0 Å². The van der Waals surface area contributed by atoms with Crippen LogP contribution in [0.3, 0.4) is 0 Å². The molecule has 0 spiro atoms. The van der Waals surface area contributed by atoms with Crippen molar-refractivity contribution in [3.05, 3.63) is 45.9 Å². The van der Waals surface area contributed by atoms with E-state index in [4.69, 9.17) is 0 Å². The highest BCUT2D eigenvalue weighted by Gasteiger charge is 2.60. The minimum absolute atomic E-state index is 0.0108. The van der Waals surface area contributed by atoms with Crippen LogP contribution in [0.15, 0.2) is 34.6 Å². The molecule has 0 aliphatic heterocycles. The highest BCUT2D eigenvalue weighted by Crippen LogP contribution is 2.59. The van der Waals surface area contributed by atoms with E-state index in [1.165, 1.54) is 5.57 Å². The van der Waals surface area contributed by atoms with Crippen molar-refractivity contribution in [2.45, 2.75) is 40.7 Å². The van der Waals surface area contributed by atoms with Gasteiger partial charge in [0.15, 0.2) is 0 Å². The molecular formula is C19H25N3O2. The third-order valence-electron chi connectivity index (χ3n) is 5.10. The maximum atomic E-state index is 12.7. The van der Waals surface area contributed by atoms with Crippen molar-refractivity contribution in [1.82, 2.24) is 15.3 Å². The summed E-state index contributed by atoms with van der Waals surface area (Å²) < 4.78 is 0. The molecule has 0 saturated heterocycles. The van der Waals surface area contributed by atoms with Gasteiger partial charge in [0, 0.05) is 0 Å². The minimum Gasteiger partial charge on any atom is -0.349 e. The average Bonchev–Trinajstić information content (AvgIpc) is 2.83. The van der Waals surface area contributed by atoms with Crippen LogP contribution in [0.5, 0.6) is 0 Å². The second kappa shape index (κ2) is 5.65. The lowest BCUT2D eigenvalue weighted by molar-refractivity contribution is -0.123. The van der Waals surface area contributed by atoms with Gasteiger partial charge in [-0.1, -0.05) is 31.6 Å². The normalized spacial score (nSPS) is 22.9. The Balaban J connectivity index is 1.74. The van der Waals surface area contributed by atoms with Crippen LogP contribution in [0.2, 0.25) is 0 Å². The van der Waals surface area contributed by atoms with Crippen molar-refractivity contribution in [3.8, 4) is 0 Å². The maximum Gasteiger partial charge on any atom is 0.323 e. The molecule has 0 radical (unpaired) electrons. The number of hydrogen-bond acceptors (Lipinski definition) is 2. The number of carbonyl (C=O) groups is 1. The van der Waals surface area contributed by atoms with Gasteiger partial charge in [-0.05, 0) is 49.8 Å². The summed E-state index contributed by atoms with van der Waals surface area (Å²) in [5.41, 5.74) is 3.54. The molecule has 1 amide bonds. The summed E-state index contributed by atoms with van der Waals surface area (Å²) in [6, 6.07) is 5.59. The standard InChI is InChI=1S/C19H25N3O2/c1-10(2)8-13-16(19(13,4)5)17(23)20-11(3)12-6-7-14-15(9-12)22-18(24)21-14/h6-9,11,13,16H,1-5H3,(H,20,23)(H2,21,22,24)/t11-,13-,16-/m1/s1. The van der Waals surface area contributed by atoms with Crippen molar-refractivity contribution in [2.75, 3.05) is 0 Å². The Kier molecular flexibility index (Phi) is 3.90. The van der Waals surface area contributed by atoms with Crippen molar-refractivity contribution in [1.29, 1.82) is 0 Å². The van der Waals surface area contributed by atoms with Gasteiger partial charge in [-0.15, -0.1) is 0 Å². The van der Waals surface area contributed by atoms with Crippen LogP contribution in [0.4, 0.5) is 0 Å². The highest BCUT2D eigenvalue weighted by atomic mass is 16.2. The zero-order chi connectivity index (χ0) is 17.6. The second-order valence-corrected chi connectivity index (χ2v) is 7.68. The lowest BCUT2D eigenvalue weighted by Crippen LogP contribution is -2.29. The Bertz CT molecular complexity index is 868. The average molecular weight is 327 g/mol. The first-order valence-electron chi connectivity index (χ1n) is 8.37. The Morgan fingerprint density at radius 3 is 2.58 bits per heavy atom. The fourth-order valence-electron chi connectivity index (χ4n) is 3.55. The van der Waals surface area contributed by atoms with E-state index in [1.54, 1.807) is 0 Å². The molecule has 2 aromatic rings. The summed E-state index contributed by atoms with van der Waals surface area (Å²) in [5, 5.41) is 3.12. The van der Waals surface area contributed by atoms with Crippen LogP contribution < -0.4 is 11.0 Å². The van der Waals surface area contributed by atoms with E-state index in [9.17, 15) is 9.59 Å². The molecule has 24 heavy (non-hydrogen) atoms. The summed E-state index contributed by atoms with van der Waals surface area (Å²) in [7, 11) is 0. The van der Waals surface area contributed by atoms with E-state index in [1.807, 2.05) is 25.1 Å². The number of rotatable bonds is 4. The molecule has 1 aromatic carbocycles. The number of nitrogens with one attached hydrogen (secondary N) is 3. The van der Waals surface area contributed by atoms with E-state index in [0.717, 1.165) is 16.6 Å². The first-order chi connectivity index (χ1) is 11.2. The number of amides is 1. The molecule has 5 heteroatoms. The number of hydrogen-bond donors (Lipinski definition) is 3. The number of benzene rings is 1. The number of aromatic nitrogens is 2. The molecule has 1 aliphatic carbocycles. The predicted octanol–water partition coefficient (Wildman–Crippen LogP) is 3.27. The molecule has 1 saturated carbocycles. The lowest BCUT2D eigenvalue weighted by atomic mass is 10.1. The molecule has 1 aromatic heterocycles. The molecule has 5 nitrogen and oxygen atoms in total. The molecule has 0 bridgehead atoms. The first-order valence-corrected chi connectivity index (χ1v) is 8.37. The van der Waals surface area contributed by atoms with E-state index in [2.05, 4.69) is 49.1 Å². The topological polar surface area (TPSA) is 77.8 Å². The van der Waals surface area contributed by atoms with Crippen LogP contribution in [-0.4, -0.2) is 15.9 Å². The lowest BCUT2D eigenvalue weighted by Gasteiger charge is -2.15. The van der Waals surface area contributed by atoms with Gasteiger partial charge >= 0.3 is 5.69 Å².